The molecule has 4 fully saturated rings. The maximum absolute atomic E-state index is 14.6. The van der Waals surface area contributed by atoms with Gasteiger partial charge in [0.1, 0.15) is 0 Å². The lowest BCUT2D eigenvalue weighted by Crippen LogP contribution is -2.74. The Hall–Kier alpha value is -2.32. The number of fused-ring (bicyclic) bond motifs is 2. The number of nitrogens with zero attached hydrogens (tertiary/aromatic N) is 4. The number of benzene rings is 1. The summed E-state index contributed by atoms with van der Waals surface area (Å²) in [4.78, 5) is 33.6. The molecule has 2 N–H and O–H groups in total. The number of likely N-dealkylation sites (N-methyl/N-ethyl adjacent to an activating group) is 1. The number of ether oxygens (including phenoxy) is 1. The maximum Gasteiger partial charge on any atom is 0.246 e. The van der Waals surface area contributed by atoms with E-state index >= 15 is 0 Å². The third-order valence-electron chi connectivity index (χ3n) is 10.7. The molecule has 0 bridgehead atoms. The molecule has 3 heterocycles. The van der Waals surface area contributed by atoms with Gasteiger partial charge in [0.05, 0.1) is 37.3 Å². The molecule has 1 aromatic carbocycles. The number of hydrogen-bond donors (Lipinski definition) is 2. The highest BCUT2D eigenvalue weighted by Crippen LogP contribution is 2.48. The molecule has 1 amide bonds. The van der Waals surface area contributed by atoms with Gasteiger partial charge in [-0.3, -0.25) is 25.1 Å². The molecule has 0 radical (unpaired) electrons. The molecule has 1 aromatic rings. The number of hydrogen-bond acceptors (Lipinski definition) is 8. The Bertz CT molecular complexity index is 1250. The van der Waals surface area contributed by atoms with Crippen molar-refractivity contribution in [3.63, 3.8) is 0 Å². The van der Waals surface area contributed by atoms with Crippen LogP contribution in [0.5, 0.6) is 0 Å². The van der Waals surface area contributed by atoms with Crippen molar-refractivity contribution < 1.29 is 14.3 Å². The molecular weight excluding hydrogens is 552 g/mol. The van der Waals surface area contributed by atoms with Crippen molar-refractivity contribution in [3.8, 4) is 6.07 Å². The normalized spacial score (nSPS) is 35.5. The second kappa shape index (κ2) is 12.4. The largest absolute Gasteiger partial charge is 0.348 e. The molecule has 1 spiro atoms. The highest BCUT2D eigenvalue weighted by molar-refractivity contribution is 6.31. The maximum atomic E-state index is 14.6. The fourth-order valence-corrected chi connectivity index (χ4v) is 8.55. The second-order valence-electron chi connectivity index (χ2n) is 12.9. The summed E-state index contributed by atoms with van der Waals surface area (Å²) < 4.78 is 6.46. The molecule has 226 valence electrons. The van der Waals surface area contributed by atoms with Crippen LogP contribution < -0.4 is 10.6 Å². The second-order valence-corrected chi connectivity index (χ2v) is 13.3. The van der Waals surface area contributed by atoms with Gasteiger partial charge >= 0.3 is 0 Å². The Balaban J connectivity index is 1.24. The van der Waals surface area contributed by atoms with Crippen LogP contribution in [-0.2, 0) is 27.2 Å². The summed E-state index contributed by atoms with van der Waals surface area (Å²) in [5.41, 5.74) is 1.99. The Labute approximate surface area is 254 Å². The van der Waals surface area contributed by atoms with Gasteiger partial charge in [-0.2, -0.15) is 5.26 Å². The van der Waals surface area contributed by atoms with Crippen LogP contribution in [0.4, 0.5) is 0 Å². The monoisotopic (exact) mass is 594 g/mol. The third kappa shape index (κ3) is 5.54. The van der Waals surface area contributed by atoms with Crippen molar-refractivity contribution in [2.24, 2.45) is 11.3 Å². The van der Waals surface area contributed by atoms with Crippen molar-refractivity contribution in [3.05, 3.63) is 47.0 Å². The first-order chi connectivity index (χ1) is 20.3. The molecule has 7 atom stereocenters. The van der Waals surface area contributed by atoms with Crippen molar-refractivity contribution >= 4 is 23.3 Å². The van der Waals surface area contributed by atoms with E-state index in [0.717, 1.165) is 50.1 Å². The number of carbonyl (C=O) groups excluding carboxylic acids is 2. The molecule has 6 rings (SSSR count). The minimum absolute atomic E-state index is 0.0577. The van der Waals surface area contributed by atoms with E-state index < -0.39 is 11.8 Å². The standard InChI is InChI=1S/C32H43ClN6O3/c1-3-27(40)39-17-16-38(19-22(39)11-14-34)30-25-10-13-32(12-9-24-21(18-32)6-4-8-26(24)33)29(41)28(25)35-31(36-30)42-20-23-7-5-15-37(23)2/h3-4,6,8,22-23,25,28,30-31,35-36H,1,5,7,9-13,15-20H2,2H3/t22?,23?,25?,28?,30?,31?,32-/m1/s1. The predicted molar refractivity (Wildman–Crippen MR) is 160 cm³/mol. The molecule has 5 aliphatic rings. The van der Waals surface area contributed by atoms with Crippen LogP contribution in [0.2, 0.25) is 5.02 Å². The smallest absolute Gasteiger partial charge is 0.246 e. The SMILES string of the molecule is C=CC(=O)N1CCN(C2NC(OCC3CCCN3C)NC3C(=O)[C@]4(CCc5c(Cl)cccc5C4)CCC32)CC1CC#N. The molecule has 42 heavy (non-hydrogen) atoms. The van der Waals surface area contributed by atoms with Crippen LogP contribution in [0.1, 0.15) is 49.7 Å². The van der Waals surface area contributed by atoms with E-state index in [1.54, 1.807) is 4.90 Å². The third-order valence-corrected chi connectivity index (χ3v) is 11.0. The minimum atomic E-state index is -0.461. The summed E-state index contributed by atoms with van der Waals surface area (Å²) in [7, 11) is 2.14. The number of likely N-dealkylation sites (tertiary alicyclic amines) is 1. The van der Waals surface area contributed by atoms with Gasteiger partial charge in [-0.1, -0.05) is 30.3 Å². The lowest BCUT2D eigenvalue weighted by molar-refractivity contribution is -0.154. The number of piperazine rings is 1. The molecule has 6 unspecified atom stereocenters. The molecule has 0 aromatic heterocycles. The van der Waals surface area contributed by atoms with Crippen molar-refractivity contribution in [1.29, 1.82) is 5.26 Å². The van der Waals surface area contributed by atoms with Gasteiger partial charge in [0, 0.05) is 42.0 Å². The quantitative estimate of drug-likeness (QED) is 0.485. The lowest BCUT2D eigenvalue weighted by Gasteiger charge is -2.55. The van der Waals surface area contributed by atoms with E-state index in [-0.39, 0.29) is 42.3 Å². The minimum Gasteiger partial charge on any atom is -0.348 e. The first-order valence-corrected chi connectivity index (χ1v) is 15.9. The van der Waals surface area contributed by atoms with E-state index in [4.69, 9.17) is 16.3 Å². The van der Waals surface area contributed by atoms with Crippen LogP contribution >= 0.6 is 11.6 Å². The Morgan fingerprint density at radius 1 is 1.24 bits per heavy atom. The zero-order valence-corrected chi connectivity index (χ0v) is 25.3. The topological polar surface area (TPSA) is 101 Å². The average Bonchev–Trinajstić information content (AvgIpc) is 3.42. The molecule has 3 saturated heterocycles. The Morgan fingerprint density at radius 2 is 2.10 bits per heavy atom. The van der Waals surface area contributed by atoms with Gasteiger partial charge in [-0.15, -0.1) is 0 Å². The number of nitrogens with one attached hydrogen (secondary N) is 2. The summed E-state index contributed by atoms with van der Waals surface area (Å²) in [6.07, 6.45) is 7.42. The van der Waals surface area contributed by atoms with Gasteiger partial charge in [0.2, 0.25) is 5.91 Å². The Morgan fingerprint density at radius 3 is 2.86 bits per heavy atom. The number of nitriles is 1. The fraction of sp³-hybridized carbons (Fsp3) is 0.656. The predicted octanol–water partition coefficient (Wildman–Crippen LogP) is 2.69. The first-order valence-electron chi connectivity index (χ1n) is 15.5. The van der Waals surface area contributed by atoms with Gasteiger partial charge in [-0.05, 0) is 81.8 Å². The van der Waals surface area contributed by atoms with Crippen LogP contribution in [0.3, 0.4) is 0 Å². The van der Waals surface area contributed by atoms with Crippen LogP contribution in [0, 0.1) is 22.7 Å². The molecule has 10 heteroatoms. The number of ketones is 1. The molecule has 9 nitrogen and oxygen atoms in total. The average molecular weight is 595 g/mol. The van der Waals surface area contributed by atoms with Crippen molar-refractivity contribution in [1.82, 2.24) is 25.3 Å². The van der Waals surface area contributed by atoms with E-state index in [2.05, 4.69) is 46.2 Å². The van der Waals surface area contributed by atoms with Gasteiger partial charge in [-0.25, -0.2) is 0 Å². The van der Waals surface area contributed by atoms with E-state index in [1.807, 2.05) is 12.1 Å². The van der Waals surface area contributed by atoms with E-state index in [9.17, 15) is 14.9 Å². The molecule has 2 aliphatic carbocycles. The highest BCUT2D eigenvalue weighted by Gasteiger charge is 2.55. The van der Waals surface area contributed by atoms with E-state index in [1.165, 1.54) is 23.6 Å². The van der Waals surface area contributed by atoms with Crippen molar-refractivity contribution in [2.75, 3.05) is 39.8 Å². The highest BCUT2D eigenvalue weighted by atomic mass is 35.5. The molecule has 3 aliphatic heterocycles. The zero-order valence-electron chi connectivity index (χ0n) is 24.6. The van der Waals surface area contributed by atoms with Crippen LogP contribution in [0.25, 0.3) is 0 Å². The molecule has 1 saturated carbocycles. The fourth-order valence-electron chi connectivity index (χ4n) is 8.27. The van der Waals surface area contributed by atoms with Crippen molar-refractivity contribution in [2.45, 2.75) is 82.0 Å². The summed E-state index contributed by atoms with van der Waals surface area (Å²) in [5.74, 6) is 0.208. The number of Topliss-reactive ketones (excluding diaryl/α,β-unsaturated/α-hetero) is 1. The van der Waals surface area contributed by atoms with E-state index in [0.29, 0.717) is 32.3 Å². The van der Waals surface area contributed by atoms with Crippen LogP contribution in [0.15, 0.2) is 30.9 Å². The molecular formula is C32H43ClN6O3. The van der Waals surface area contributed by atoms with Crippen LogP contribution in [-0.4, -0.2) is 96.9 Å². The number of halogens is 1. The lowest BCUT2D eigenvalue weighted by atomic mass is 9.59. The Kier molecular flexibility index (Phi) is 8.75. The summed E-state index contributed by atoms with van der Waals surface area (Å²) >= 11 is 6.53. The van der Waals surface area contributed by atoms with Gasteiger partial charge in [0.15, 0.2) is 12.1 Å². The summed E-state index contributed by atoms with van der Waals surface area (Å²) in [6.45, 7) is 7.07. The number of amides is 1. The summed E-state index contributed by atoms with van der Waals surface area (Å²) in [6, 6.07) is 8.15. The number of rotatable bonds is 6. The van der Waals surface area contributed by atoms with Gasteiger partial charge < -0.3 is 14.5 Å². The number of carbonyl (C=O) groups is 2. The first kappa shape index (κ1) is 29.7. The zero-order chi connectivity index (χ0) is 29.4. The van der Waals surface area contributed by atoms with Gasteiger partial charge in [0.25, 0.3) is 0 Å². The summed E-state index contributed by atoms with van der Waals surface area (Å²) in [5, 5.41) is 17.7.